The van der Waals surface area contributed by atoms with Crippen LogP contribution in [0.5, 0.6) is 0 Å². The predicted octanol–water partition coefficient (Wildman–Crippen LogP) is 6.52. The third-order valence-electron chi connectivity index (χ3n) is 6.05. The van der Waals surface area contributed by atoms with Crippen molar-refractivity contribution in [2.75, 3.05) is 13.2 Å². The van der Waals surface area contributed by atoms with Gasteiger partial charge in [0.1, 0.15) is 0 Å². The van der Waals surface area contributed by atoms with Gasteiger partial charge in [-0.05, 0) is 19.4 Å². The lowest BCUT2D eigenvalue weighted by Gasteiger charge is -2.30. The van der Waals surface area contributed by atoms with E-state index in [0.717, 1.165) is 0 Å². The van der Waals surface area contributed by atoms with Gasteiger partial charge in [0.05, 0.1) is 13.2 Å². The summed E-state index contributed by atoms with van der Waals surface area (Å²) in [5.74, 6) is -0.411. The van der Waals surface area contributed by atoms with Gasteiger partial charge in [0, 0.05) is 21.5 Å². The molecule has 0 heterocycles. The van der Waals surface area contributed by atoms with Crippen LogP contribution in [-0.2, 0) is 18.2 Å². The number of hydrogen-bond acceptors (Lipinski definition) is 5. The predicted molar refractivity (Wildman–Crippen MR) is 150 cm³/mol. The summed E-state index contributed by atoms with van der Waals surface area (Å²) in [5, 5.41) is 1.66. The number of ketones is 1. The summed E-state index contributed by atoms with van der Waals surface area (Å²) in [6.45, 7) is 3.60. The van der Waals surface area contributed by atoms with Crippen molar-refractivity contribution in [2.45, 2.75) is 19.5 Å². The summed E-state index contributed by atoms with van der Waals surface area (Å²) in [6.07, 6.45) is 0. The van der Waals surface area contributed by atoms with Gasteiger partial charge in [-0.3, -0.25) is 9.36 Å². The molecule has 0 bridgehead atoms. The third kappa shape index (κ3) is 5.46. The minimum atomic E-state index is -4.02. The van der Waals surface area contributed by atoms with E-state index in [1.807, 2.05) is 66.7 Å². The van der Waals surface area contributed by atoms with Crippen molar-refractivity contribution >= 4 is 36.4 Å². The molecule has 0 amide bonds. The van der Waals surface area contributed by atoms with Crippen molar-refractivity contribution in [2.24, 2.45) is 0 Å². The van der Waals surface area contributed by atoms with Crippen LogP contribution in [0.4, 0.5) is 0 Å². The lowest BCUT2D eigenvalue weighted by molar-refractivity contribution is 0.0967. The van der Waals surface area contributed by atoms with Crippen LogP contribution in [0, 0.1) is 0 Å². The van der Waals surface area contributed by atoms with E-state index in [1.165, 1.54) is 0 Å². The molecule has 4 aromatic carbocycles. The van der Waals surface area contributed by atoms with E-state index in [2.05, 4.69) is 0 Å². The third-order valence-corrected chi connectivity index (χ3v) is 11.6. The summed E-state index contributed by atoms with van der Waals surface area (Å²) in [7, 11) is -7.51. The van der Waals surface area contributed by atoms with Crippen LogP contribution >= 0.6 is 14.7 Å². The SMILES string of the molecule is CCOP(=O)(OCC)C(C(=O)c1ccccc1)c1ccccc1P(=O)(c1ccccc1)c1ccccc1. The zero-order valence-corrected chi connectivity index (χ0v) is 22.7. The van der Waals surface area contributed by atoms with E-state index in [4.69, 9.17) is 9.05 Å². The first-order chi connectivity index (χ1) is 18.0. The second-order valence-corrected chi connectivity index (χ2v) is 13.2. The fraction of sp³-hybridized carbons (Fsp3) is 0.167. The number of hydrogen-bond donors (Lipinski definition) is 0. The normalized spacial score (nSPS) is 12.7. The van der Waals surface area contributed by atoms with Crippen LogP contribution in [0.1, 0.15) is 35.4 Å². The molecule has 190 valence electrons. The fourth-order valence-corrected chi connectivity index (χ4v) is 9.57. The average molecular weight is 533 g/mol. The first kappa shape index (κ1) is 27.0. The number of benzene rings is 4. The van der Waals surface area contributed by atoms with Gasteiger partial charge in [-0.25, -0.2) is 0 Å². The minimum Gasteiger partial charge on any atom is -0.309 e. The molecule has 4 rings (SSSR count). The quantitative estimate of drug-likeness (QED) is 0.163. The molecule has 4 aromatic rings. The Morgan fingerprint density at radius 1 is 0.649 bits per heavy atom. The second kappa shape index (κ2) is 12.0. The maximum absolute atomic E-state index is 15.3. The average Bonchev–Trinajstić information content (AvgIpc) is 2.94. The van der Waals surface area contributed by atoms with Crippen LogP contribution in [0.15, 0.2) is 115 Å². The summed E-state index contributed by atoms with van der Waals surface area (Å²) in [5.41, 5.74) is -0.555. The molecule has 7 heteroatoms. The zero-order valence-electron chi connectivity index (χ0n) is 20.9. The summed E-state index contributed by atoms with van der Waals surface area (Å²) in [6, 6.07) is 34.0. The molecule has 0 aliphatic rings. The van der Waals surface area contributed by atoms with Crippen LogP contribution in [0.2, 0.25) is 0 Å². The number of carbonyl (C=O) groups is 1. The van der Waals surface area contributed by atoms with E-state index in [9.17, 15) is 9.36 Å². The highest BCUT2D eigenvalue weighted by molar-refractivity contribution is 7.85. The molecular formula is C30H30O5P2. The first-order valence-electron chi connectivity index (χ1n) is 12.2. The van der Waals surface area contributed by atoms with E-state index in [0.29, 0.717) is 27.0 Å². The van der Waals surface area contributed by atoms with Crippen LogP contribution in [0.3, 0.4) is 0 Å². The van der Waals surface area contributed by atoms with E-state index >= 15 is 4.57 Å². The Labute approximate surface area is 218 Å². The Balaban J connectivity index is 2.04. The van der Waals surface area contributed by atoms with Gasteiger partial charge in [0.15, 0.2) is 18.6 Å². The van der Waals surface area contributed by atoms with Gasteiger partial charge >= 0.3 is 7.60 Å². The number of carbonyl (C=O) groups excluding carboxylic acids is 1. The molecule has 0 aromatic heterocycles. The van der Waals surface area contributed by atoms with Crippen LogP contribution in [-0.4, -0.2) is 19.0 Å². The standard InChI is InChI=1S/C30H30O5P2/c1-3-34-37(33,35-4-2)30(29(31)24-16-8-5-9-17-24)27-22-14-15-23-28(27)36(32,25-18-10-6-11-19-25)26-20-12-7-13-21-26/h5-23,30H,3-4H2,1-2H3. The topological polar surface area (TPSA) is 69.7 Å². The van der Waals surface area contributed by atoms with Crippen molar-refractivity contribution in [1.29, 1.82) is 0 Å². The van der Waals surface area contributed by atoms with E-state index in [1.54, 1.807) is 62.4 Å². The minimum absolute atomic E-state index is 0.0903. The van der Waals surface area contributed by atoms with Gasteiger partial charge in [-0.2, -0.15) is 0 Å². The molecule has 0 radical (unpaired) electrons. The first-order valence-corrected chi connectivity index (χ1v) is 15.6. The Morgan fingerprint density at radius 2 is 1.08 bits per heavy atom. The summed E-state index contributed by atoms with van der Waals surface area (Å²) < 4.78 is 41.1. The van der Waals surface area contributed by atoms with Gasteiger partial charge in [-0.1, -0.05) is 115 Å². The van der Waals surface area contributed by atoms with E-state index in [-0.39, 0.29) is 13.2 Å². The van der Waals surface area contributed by atoms with Crippen molar-refractivity contribution in [3.05, 3.63) is 126 Å². The maximum atomic E-state index is 15.3. The van der Waals surface area contributed by atoms with Crippen molar-refractivity contribution in [3.8, 4) is 0 Å². The van der Waals surface area contributed by atoms with Gasteiger partial charge in [0.2, 0.25) is 0 Å². The Morgan fingerprint density at radius 3 is 1.57 bits per heavy atom. The van der Waals surface area contributed by atoms with Crippen molar-refractivity contribution < 1.29 is 23.0 Å². The van der Waals surface area contributed by atoms with Crippen LogP contribution < -0.4 is 15.9 Å². The second-order valence-electron chi connectivity index (χ2n) is 8.35. The highest BCUT2D eigenvalue weighted by Gasteiger charge is 2.46. The Hall–Kier alpha value is -3.07. The Bertz CT molecular complexity index is 1370. The molecular weight excluding hydrogens is 502 g/mol. The van der Waals surface area contributed by atoms with Gasteiger partial charge < -0.3 is 13.6 Å². The molecule has 0 saturated heterocycles. The molecule has 0 fully saturated rings. The molecule has 0 spiro atoms. The molecule has 0 aliphatic heterocycles. The monoisotopic (exact) mass is 532 g/mol. The van der Waals surface area contributed by atoms with Gasteiger partial charge in [-0.15, -0.1) is 0 Å². The summed E-state index contributed by atoms with van der Waals surface area (Å²) >= 11 is 0. The van der Waals surface area contributed by atoms with Crippen molar-refractivity contribution in [1.82, 2.24) is 0 Å². The zero-order chi connectivity index (χ0) is 26.3. The number of rotatable bonds is 11. The van der Waals surface area contributed by atoms with Crippen LogP contribution in [0.25, 0.3) is 0 Å². The molecule has 1 unspecified atom stereocenters. The lowest BCUT2D eigenvalue weighted by Crippen LogP contribution is -2.30. The van der Waals surface area contributed by atoms with Crippen molar-refractivity contribution in [3.63, 3.8) is 0 Å². The molecule has 1 atom stereocenters. The lowest BCUT2D eigenvalue weighted by atomic mass is 10.0. The Kier molecular flexibility index (Phi) is 8.74. The molecule has 37 heavy (non-hydrogen) atoms. The largest absolute Gasteiger partial charge is 0.345 e. The number of Topliss-reactive ketones (excluding diaryl/α,β-unsaturated/α-hetero) is 1. The molecule has 0 aliphatic carbocycles. The smallest absolute Gasteiger partial charge is 0.309 e. The summed E-state index contributed by atoms with van der Waals surface area (Å²) in [4.78, 5) is 14.1. The maximum Gasteiger partial charge on any atom is 0.345 e. The highest BCUT2D eigenvalue weighted by atomic mass is 31.2. The molecule has 0 N–H and O–H groups in total. The molecule has 0 saturated carbocycles. The van der Waals surface area contributed by atoms with Gasteiger partial charge in [0.25, 0.3) is 0 Å². The van der Waals surface area contributed by atoms with E-state index < -0.39 is 26.2 Å². The molecule has 5 nitrogen and oxygen atoms in total. The highest BCUT2D eigenvalue weighted by Crippen LogP contribution is 2.63. The fourth-order valence-electron chi connectivity index (χ4n) is 4.47.